The molecule has 0 aromatic heterocycles. The van der Waals surface area contributed by atoms with E-state index >= 15 is 0 Å². The third kappa shape index (κ3) is 11.4. The van der Waals surface area contributed by atoms with Crippen molar-refractivity contribution in [1.29, 1.82) is 5.26 Å². The Bertz CT molecular complexity index is 1120. The summed E-state index contributed by atoms with van der Waals surface area (Å²) >= 11 is 5.94. The highest BCUT2D eigenvalue weighted by molar-refractivity contribution is 6.38. The van der Waals surface area contributed by atoms with E-state index in [1.54, 1.807) is 19.1 Å². The summed E-state index contributed by atoms with van der Waals surface area (Å²) in [5.74, 6) is -2.95. The van der Waals surface area contributed by atoms with Gasteiger partial charge in [0.05, 0.1) is 17.7 Å². The molecule has 4 amide bonds. The van der Waals surface area contributed by atoms with E-state index in [9.17, 15) is 29.2 Å². The Kier molecular flexibility index (Phi) is 11.9. The van der Waals surface area contributed by atoms with E-state index in [-0.39, 0.29) is 49.5 Å². The Morgan fingerprint density at radius 1 is 1.05 bits per heavy atom. The quantitative estimate of drug-likeness (QED) is 0.256. The number of ketones is 1. The van der Waals surface area contributed by atoms with Crippen LogP contribution in [-0.4, -0.2) is 54.1 Å². The van der Waals surface area contributed by atoms with Gasteiger partial charge in [-0.1, -0.05) is 38.4 Å². The van der Waals surface area contributed by atoms with Crippen molar-refractivity contribution in [2.75, 3.05) is 6.54 Å². The molecule has 2 unspecified atom stereocenters. The van der Waals surface area contributed by atoms with Crippen LogP contribution in [0.3, 0.4) is 0 Å². The number of hydrogen-bond donors (Lipinski definition) is 4. The lowest BCUT2D eigenvalue weighted by molar-refractivity contribution is -0.141. The molecule has 1 aliphatic rings. The number of rotatable bonds is 14. The van der Waals surface area contributed by atoms with Crippen molar-refractivity contribution >= 4 is 41.0 Å². The van der Waals surface area contributed by atoms with Crippen molar-refractivity contribution in [2.45, 2.75) is 90.8 Å². The number of aryl methyl sites for hydroxylation is 1. The molecule has 4 N–H and O–H groups in total. The van der Waals surface area contributed by atoms with Crippen LogP contribution in [0.25, 0.3) is 0 Å². The van der Waals surface area contributed by atoms with Gasteiger partial charge in [-0.15, -0.1) is 0 Å². The van der Waals surface area contributed by atoms with Gasteiger partial charge in [-0.25, -0.2) is 0 Å². The van der Waals surface area contributed by atoms with Gasteiger partial charge in [0.2, 0.25) is 23.5 Å². The highest BCUT2D eigenvalue weighted by Gasteiger charge is 2.34. The van der Waals surface area contributed by atoms with Crippen LogP contribution in [0, 0.1) is 16.7 Å². The molecule has 0 bridgehead atoms. The van der Waals surface area contributed by atoms with Gasteiger partial charge in [-0.2, -0.15) is 5.26 Å². The smallest absolute Gasteiger partial charge is 0.289 e. The molecule has 1 saturated carbocycles. The molecule has 0 radical (unpaired) electrons. The van der Waals surface area contributed by atoms with Gasteiger partial charge in [-0.05, 0) is 62.1 Å². The SMILES string of the molecule is CCNC(=O)CCC(NC(=O)C(CC(C)(C)C)NC(=O)CCc1ccc(Cl)cc1C#N)C(=O)C(=O)NC1CC1. The Morgan fingerprint density at radius 2 is 1.74 bits per heavy atom. The van der Waals surface area contributed by atoms with Crippen LogP contribution in [0.1, 0.15) is 77.3 Å². The predicted molar refractivity (Wildman–Crippen MR) is 147 cm³/mol. The molecule has 0 spiro atoms. The average molecular weight is 560 g/mol. The lowest BCUT2D eigenvalue weighted by Gasteiger charge is -2.28. The minimum Gasteiger partial charge on any atom is -0.356 e. The van der Waals surface area contributed by atoms with Crippen LogP contribution in [0.15, 0.2) is 18.2 Å². The van der Waals surface area contributed by atoms with Crippen molar-refractivity contribution in [3.63, 3.8) is 0 Å². The Labute approximate surface area is 234 Å². The number of carbonyl (C=O) groups excluding carboxylic acids is 5. The first-order valence-electron chi connectivity index (χ1n) is 13.2. The second kappa shape index (κ2) is 14.6. The number of carbonyl (C=O) groups is 5. The van der Waals surface area contributed by atoms with Crippen molar-refractivity contribution in [3.8, 4) is 6.07 Å². The highest BCUT2D eigenvalue weighted by atomic mass is 35.5. The first-order chi connectivity index (χ1) is 18.3. The lowest BCUT2D eigenvalue weighted by Crippen LogP contribution is -2.55. The van der Waals surface area contributed by atoms with Crippen molar-refractivity contribution in [3.05, 3.63) is 34.3 Å². The van der Waals surface area contributed by atoms with Crippen LogP contribution < -0.4 is 21.3 Å². The van der Waals surface area contributed by atoms with Crippen molar-refractivity contribution < 1.29 is 24.0 Å². The topological polar surface area (TPSA) is 157 Å². The molecule has 39 heavy (non-hydrogen) atoms. The summed E-state index contributed by atoms with van der Waals surface area (Å²) in [6.45, 7) is 7.91. The normalized spacial score (nSPS) is 14.4. The summed E-state index contributed by atoms with van der Waals surface area (Å²) < 4.78 is 0. The molecular weight excluding hydrogens is 522 g/mol. The zero-order valence-corrected chi connectivity index (χ0v) is 23.7. The predicted octanol–water partition coefficient (Wildman–Crippen LogP) is 2.31. The number of halogens is 1. The number of amides is 4. The van der Waals surface area contributed by atoms with E-state index in [2.05, 4.69) is 27.3 Å². The number of nitriles is 1. The number of nitrogens with zero attached hydrogens (tertiary/aromatic N) is 1. The standard InChI is InChI=1S/C28H38ClN5O5/c1-5-31-23(35)13-11-21(25(37)27(39)32-20-9-10-20)34-26(38)22(15-28(2,3)4)33-24(36)12-7-17-6-8-19(29)14-18(17)16-30/h6,8,14,20-22H,5,7,9-13,15H2,1-4H3,(H,31,35)(H,32,39)(H,33,36)(H,34,38). The first-order valence-corrected chi connectivity index (χ1v) is 13.6. The van der Waals surface area contributed by atoms with E-state index in [0.717, 1.165) is 12.8 Å². The van der Waals surface area contributed by atoms with E-state index in [4.69, 9.17) is 11.6 Å². The molecule has 1 aromatic carbocycles. The molecule has 11 heteroatoms. The minimum atomic E-state index is -1.22. The van der Waals surface area contributed by atoms with Crippen LogP contribution in [-0.2, 0) is 30.4 Å². The van der Waals surface area contributed by atoms with Gasteiger partial charge < -0.3 is 21.3 Å². The van der Waals surface area contributed by atoms with Crippen molar-refractivity contribution in [2.24, 2.45) is 5.41 Å². The molecule has 212 valence electrons. The second-order valence-corrected chi connectivity index (χ2v) is 11.4. The van der Waals surface area contributed by atoms with Gasteiger partial charge in [0.1, 0.15) is 6.04 Å². The summed E-state index contributed by atoms with van der Waals surface area (Å²) in [4.78, 5) is 63.5. The zero-order chi connectivity index (χ0) is 29.2. The summed E-state index contributed by atoms with van der Waals surface area (Å²) in [6, 6.07) is 4.67. The Morgan fingerprint density at radius 3 is 2.33 bits per heavy atom. The third-order valence-corrected chi connectivity index (χ3v) is 6.32. The van der Waals surface area contributed by atoms with Gasteiger partial charge in [-0.3, -0.25) is 24.0 Å². The van der Waals surface area contributed by atoms with Crippen LogP contribution in [0.2, 0.25) is 5.02 Å². The summed E-state index contributed by atoms with van der Waals surface area (Å²) in [6.07, 6.45) is 2.03. The number of hydrogen-bond acceptors (Lipinski definition) is 6. The lowest BCUT2D eigenvalue weighted by atomic mass is 9.87. The maximum absolute atomic E-state index is 13.3. The largest absolute Gasteiger partial charge is 0.356 e. The number of benzene rings is 1. The molecule has 2 atom stereocenters. The van der Waals surface area contributed by atoms with E-state index in [1.165, 1.54) is 6.07 Å². The Balaban J connectivity index is 2.12. The first kappa shape index (κ1) is 31.8. The molecule has 10 nitrogen and oxygen atoms in total. The maximum Gasteiger partial charge on any atom is 0.289 e. The van der Waals surface area contributed by atoms with Gasteiger partial charge >= 0.3 is 0 Å². The molecule has 1 aliphatic carbocycles. The molecule has 0 heterocycles. The van der Waals surface area contributed by atoms with E-state index in [0.29, 0.717) is 22.7 Å². The average Bonchev–Trinajstić information content (AvgIpc) is 3.68. The van der Waals surface area contributed by atoms with E-state index < -0.39 is 35.6 Å². The zero-order valence-electron chi connectivity index (χ0n) is 23.0. The minimum absolute atomic E-state index is 0.0214. The summed E-state index contributed by atoms with van der Waals surface area (Å²) in [7, 11) is 0. The monoisotopic (exact) mass is 559 g/mol. The maximum atomic E-state index is 13.3. The van der Waals surface area contributed by atoms with Crippen LogP contribution in [0.4, 0.5) is 0 Å². The molecule has 2 rings (SSSR count). The molecule has 0 saturated heterocycles. The fourth-order valence-corrected chi connectivity index (χ4v) is 4.12. The third-order valence-electron chi connectivity index (χ3n) is 6.09. The summed E-state index contributed by atoms with van der Waals surface area (Å²) in [5.41, 5.74) is 0.673. The van der Waals surface area contributed by atoms with Crippen molar-refractivity contribution in [1.82, 2.24) is 21.3 Å². The molecular formula is C28H38ClN5O5. The molecule has 1 fully saturated rings. The van der Waals surface area contributed by atoms with Crippen LogP contribution in [0.5, 0.6) is 0 Å². The van der Waals surface area contributed by atoms with Gasteiger partial charge in [0.25, 0.3) is 5.91 Å². The molecule has 1 aromatic rings. The fraction of sp³-hybridized carbons (Fsp3) is 0.571. The van der Waals surface area contributed by atoms with Crippen LogP contribution >= 0.6 is 11.6 Å². The number of nitrogens with one attached hydrogen (secondary N) is 4. The Hall–Kier alpha value is -3.45. The van der Waals surface area contributed by atoms with Gasteiger partial charge in [0.15, 0.2) is 0 Å². The summed E-state index contributed by atoms with van der Waals surface area (Å²) in [5, 5.41) is 20.4. The highest BCUT2D eigenvalue weighted by Crippen LogP contribution is 2.22. The number of Topliss-reactive ketones (excluding diaryl/α,β-unsaturated/α-hetero) is 1. The van der Waals surface area contributed by atoms with E-state index in [1.807, 2.05) is 20.8 Å². The molecule has 0 aliphatic heterocycles. The van der Waals surface area contributed by atoms with Gasteiger partial charge in [0, 0.05) is 30.5 Å². The fourth-order valence-electron chi connectivity index (χ4n) is 3.95. The second-order valence-electron chi connectivity index (χ2n) is 11.0.